The van der Waals surface area contributed by atoms with Crippen molar-refractivity contribution >= 4 is 28.9 Å². The number of hydrogen-bond donors (Lipinski definition) is 1. The van der Waals surface area contributed by atoms with Crippen molar-refractivity contribution in [2.45, 2.75) is 38.4 Å². The molecule has 0 unspecified atom stereocenters. The van der Waals surface area contributed by atoms with Gasteiger partial charge in [0.15, 0.2) is 0 Å². The standard InChI is InChI=1S/C36H37N3O4/c40-35(39-33-13-6-4-11-31(33)36(41)37-32-12-5-7-14-34(32)39)25-27-15-17-29(18-16-27)42-24-8-21-38-22-19-30(20-23-38)43-26-28-9-2-1-3-10-28/h1-7,9-18,30H,8,19-26H2,(H,37,41). The summed E-state index contributed by atoms with van der Waals surface area (Å²) in [5.74, 6) is 0.459. The van der Waals surface area contributed by atoms with E-state index in [0.29, 0.717) is 41.9 Å². The molecule has 1 saturated heterocycles. The molecule has 7 nitrogen and oxygen atoms in total. The van der Waals surface area contributed by atoms with E-state index in [0.717, 1.165) is 50.2 Å². The number of hydrogen-bond acceptors (Lipinski definition) is 5. The van der Waals surface area contributed by atoms with Gasteiger partial charge in [-0.15, -0.1) is 0 Å². The summed E-state index contributed by atoms with van der Waals surface area (Å²) in [6.07, 6.45) is 3.62. The first-order valence-electron chi connectivity index (χ1n) is 15.1. The number of piperidine rings is 1. The van der Waals surface area contributed by atoms with Crippen molar-refractivity contribution in [3.05, 3.63) is 120 Å². The van der Waals surface area contributed by atoms with Crippen LogP contribution in [0.3, 0.4) is 0 Å². The van der Waals surface area contributed by atoms with E-state index in [2.05, 4.69) is 34.5 Å². The molecule has 220 valence electrons. The molecule has 1 N–H and O–H groups in total. The molecule has 7 heteroatoms. The monoisotopic (exact) mass is 575 g/mol. The van der Waals surface area contributed by atoms with Crippen LogP contribution in [0.2, 0.25) is 0 Å². The highest BCUT2D eigenvalue weighted by atomic mass is 16.5. The number of amides is 2. The Morgan fingerprint density at radius 3 is 2.28 bits per heavy atom. The van der Waals surface area contributed by atoms with Crippen molar-refractivity contribution in [2.75, 3.05) is 36.5 Å². The first-order valence-corrected chi connectivity index (χ1v) is 15.1. The van der Waals surface area contributed by atoms with Gasteiger partial charge in [-0.3, -0.25) is 14.5 Å². The van der Waals surface area contributed by atoms with Crippen LogP contribution < -0.4 is 15.0 Å². The van der Waals surface area contributed by atoms with Crippen molar-refractivity contribution in [1.29, 1.82) is 0 Å². The molecular weight excluding hydrogens is 538 g/mol. The molecule has 0 aliphatic carbocycles. The first kappa shape index (κ1) is 28.6. The molecule has 6 rings (SSSR count). The topological polar surface area (TPSA) is 71.1 Å². The maximum Gasteiger partial charge on any atom is 0.257 e. The Hall–Kier alpha value is -4.46. The lowest BCUT2D eigenvalue weighted by Crippen LogP contribution is -2.37. The molecular formula is C36H37N3O4. The fourth-order valence-electron chi connectivity index (χ4n) is 5.75. The van der Waals surface area contributed by atoms with E-state index >= 15 is 0 Å². The third-order valence-corrected chi connectivity index (χ3v) is 8.06. The van der Waals surface area contributed by atoms with E-state index < -0.39 is 0 Å². The molecule has 2 aliphatic rings. The number of fused-ring (bicyclic) bond motifs is 2. The van der Waals surface area contributed by atoms with Crippen LogP contribution in [0.4, 0.5) is 17.1 Å². The number of carbonyl (C=O) groups is 2. The summed E-state index contributed by atoms with van der Waals surface area (Å²) in [7, 11) is 0. The van der Waals surface area contributed by atoms with Crippen molar-refractivity contribution in [3.63, 3.8) is 0 Å². The van der Waals surface area contributed by atoms with Gasteiger partial charge in [0.05, 0.1) is 48.4 Å². The largest absolute Gasteiger partial charge is 0.494 e. The third-order valence-electron chi connectivity index (χ3n) is 8.06. The molecule has 0 spiro atoms. The summed E-state index contributed by atoms with van der Waals surface area (Å²) >= 11 is 0. The molecule has 2 amide bonds. The number of benzene rings is 4. The van der Waals surface area contributed by atoms with E-state index in [-0.39, 0.29) is 18.2 Å². The molecule has 2 aliphatic heterocycles. The van der Waals surface area contributed by atoms with Crippen LogP contribution in [0.25, 0.3) is 0 Å². The molecule has 2 heterocycles. The number of para-hydroxylation sites is 3. The molecule has 4 aromatic rings. The summed E-state index contributed by atoms with van der Waals surface area (Å²) in [6.45, 7) is 4.45. The minimum absolute atomic E-state index is 0.112. The number of rotatable bonds is 10. The average molecular weight is 576 g/mol. The minimum atomic E-state index is -0.225. The molecule has 0 saturated carbocycles. The van der Waals surface area contributed by atoms with Gasteiger partial charge in [-0.25, -0.2) is 0 Å². The SMILES string of the molecule is O=C1Nc2ccccc2N(C(=O)Cc2ccc(OCCCN3CCC(OCc4ccccc4)CC3)cc2)c2ccccc21. The highest BCUT2D eigenvalue weighted by molar-refractivity contribution is 6.17. The average Bonchev–Trinajstić information content (AvgIpc) is 3.17. The molecule has 4 aromatic carbocycles. The second-order valence-corrected chi connectivity index (χ2v) is 11.1. The molecule has 43 heavy (non-hydrogen) atoms. The number of carbonyl (C=O) groups excluding carboxylic acids is 2. The summed E-state index contributed by atoms with van der Waals surface area (Å²) in [5, 5.41) is 2.93. The highest BCUT2D eigenvalue weighted by Gasteiger charge is 2.29. The first-order chi connectivity index (χ1) is 21.1. The van der Waals surface area contributed by atoms with Crippen LogP contribution in [0.15, 0.2) is 103 Å². The van der Waals surface area contributed by atoms with Gasteiger partial charge in [0.1, 0.15) is 5.75 Å². The maximum absolute atomic E-state index is 13.7. The Morgan fingerprint density at radius 2 is 1.49 bits per heavy atom. The van der Waals surface area contributed by atoms with Crippen LogP contribution in [0.5, 0.6) is 5.75 Å². The smallest absolute Gasteiger partial charge is 0.257 e. The second-order valence-electron chi connectivity index (χ2n) is 11.1. The molecule has 0 bridgehead atoms. The van der Waals surface area contributed by atoms with Gasteiger partial charge in [-0.1, -0.05) is 66.7 Å². The van der Waals surface area contributed by atoms with Crippen LogP contribution in [0.1, 0.15) is 40.7 Å². The van der Waals surface area contributed by atoms with Gasteiger partial charge >= 0.3 is 0 Å². The Bertz CT molecular complexity index is 1530. The molecule has 1 fully saturated rings. The number of nitrogens with one attached hydrogen (secondary N) is 1. The fraction of sp³-hybridized carbons (Fsp3) is 0.278. The van der Waals surface area contributed by atoms with Gasteiger partial charge in [-0.2, -0.15) is 0 Å². The number of ether oxygens (including phenoxy) is 2. The van der Waals surface area contributed by atoms with Crippen molar-refractivity contribution in [2.24, 2.45) is 0 Å². The van der Waals surface area contributed by atoms with E-state index in [9.17, 15) is 9.59 Å². The zero-order valence-electron chi connectivity index (χ0n) is 24.3. The van der Waals surface area contributed by atoms with Gasteiger partial charge in [-0.05, 0) is 66.8 Å². The van der Waals surface area contributed by atoms with Crippen LogP contribution >= 0.6 is 0 Å². The molecule has 0 radical (unpaired) electrons. The number of nitrogens with zero attached hydrogens (tertiary/aromatic N) is 2. The third kappa shape index (κ3) is 7.13. The van der Waals surface area contributed by atoms with Gasteiger partial charge in [0.2, 0.25) is 5.91 Å². The summed E-state index contributed by atoms with van der Waals surface area (Å²) in [6, 6.07) is 32.7. The van der Waals surface area contributed by atoms with E-state index in [1.165, 1.54) is 5.56 Å². The summed E-state index contributed by atoms with van der Waals surface area (Å²) < 4.78 is 12.1. The number of anilines is 3. The highest BCUT2D eigenvalue weighted by Crippen LogP contribution is 2.38. The van der Waals surface area contributed by atoms with Crippen molar-refractivity contribution in [3.8, 4) is 5.75 Å². The van der Waals surface area contributed by atoms with Crippen molar-refractivity contribution < 1.29 is 19.1 Å². The quantitative estimate of drug-likeness (QED) is 0.216. The predicted octanol–water partition coefficient (Wildman–Crippen LogP) is 6.61. The molecule has 0 atom stereocenters. The zero-order valence-corrected chi connectivity index (χ0v) is 24.3. The Morgan fingerprint density at radius 1 is 0.791 bits per heavy atom. The summed E-state index contributed by atoms with van der Waals surface area (Å²) in [4.78, 5) is 30.6. The predicted molar refractivity (Wildman–Crippen MR) is 169 cm³/mol. The Labute approximate surface area is 253 Å². The molecule has 0 aromatic heterocycles. The van der Waals surface area contributed by atoms with Crippen molar-refractivity contribution in [1.82, 2.24) is 4.90 Å². The van der Waals surface area contributed by atoms with E-state index in [4.69, 9.17) is 9.47 Å². The van der Waals surface area contributed by atoms with Gasteiger partial charge in [0.25, 0.3) is 5.91 Å². The van der Waals surface area contributed by atoms with E-state index in [1.807, 2.05) is 66.7 Å². The minimum Gasteiger partial charge on any atom is -0.494 e. The zero-order chi connectivity index (χ0) is 29.4. The number of likely N-dealkylation sites (tertiary alicyclic amines) is 1. The maximum atomic E-state index is 13.7. The van der Waals surface area contributed by atoms with Crippen LogP contribution in [0, 0.1) is 0 Å². The van der Waals surface area contributed by atoms with Gasteiger partial charge in [0, 0.05) is 19.6 Å². The summed E-state index contributed by atoms with van der Waals surface area (Å²) in [5.41, 5.74) is 4.44. The van der Waals surface area contributed by atoms with E-state index in [1.54, 1.807) is 17.0 Å². The Balaban J connectivity index is 0.968. The normalized spacial score (nSPS) is 15.3. The van der Waals surface area contributed by atoms with Gasteiger partial charge < -0.3 is 19.7 Å². The lowest BCUT2D eigenvalue weighted by atomic mass is 10.1. The lowest BCUT2D eigenvalue weighted by molar-refractivity contribution is -0.117. The van der Waals surface area contributed by atoms with Crippen LogP contribution in [-0.2, 0) is 22.6 Å². The lowest BCUT2D eigenvalue weighted by Gasteiger charge is -2.31. The Kier molecular flexibility index (Phi) is 9.11. The fourth-order valence-corrected chi connectivity index (χ4v) is 5.75. The second kappa shape index (κ2) is 13.7. The van der Waals surface area contributed by atoms with Crippen LogP contribution in [-0.4, -0.2) is 49.1 Å².